The van der Waals surface area contributed by atoms with Gasteiger partial charge >= 0.3 is 0 Å². The summed E-state index contributed by atoms with van der Waals surface area (Å²) in [4.78, 5) is 1.26. The zero-order valence-corrected chi connectivity index (χ0v) is 8.08. The van der Waals surface area contributed by atoms with E-state index >= 15 is 0 Å². The van der Waals surface area contributed by atoms with Crippen LogP contribution in [0.15, 0.2) is 39.2 Å². The van der Waals surface area contributed by atoms with E-state index in [0.29, 0.717) is 0 Å². The lowest BCUT2D eigenvalue weighted by atomic mass is 10.3. The van der Waals surface area contributed by atoms with E-state index in [0.717, 1.165) is 4.47 Å². The van der Waals surface area contributed by atoms with Gasteiger partial charge in [-0.25, -0.2) is 0 Å². The zero-order chi connectivity index (χ0) is 7.68. The van der Waals surface area contributed by atoms with Crippen LogP contribution in [0.3, 0.4) is 0 Å². The second-order valence-corrected chi connectivity index (χ2v) is 3.95. The van der Waals surface area contributed by atoms with Crippen molar-refractivity contribution >= 4 is 33.4 Å². The summed E-state index contributed by atoms with van der Waals surface area (Å²) < 4.78 is 1.15. The second kappa shape index (κ2) is 2.91. The summed E-state index contributed by atoms with van der Waals surface area (Å²) in [7, 11) is 0. The number of fused-ring (bicyclic) bond motifs is 1. The van der Waals surface area contributed by atoms with Gasteiger partial charge in [0.15, 0.2) is 0 Å². The Morgan fingerprint density at radius 3 is 3.09 bits per heavy atom. The molecule has 1 heterocycles. The van der Waals surface area contributed by atoms with Crippen LogP contribution in [0, 0.1) is 0 Å². The minimum atomic E-state index is 1.15. The fourth-order valence-electron chi connectivity index (χ4n) is 0.968. The molecule has 1 aromatic carbocycles. The number of hydrogen-bond acceptors (Lipinski definition) is 2. The predicted octanol–water partition coefficient (Wildman–Crippen LogP) is 3.44. The fraction of sp³-hybridized carbons (Fsp3) is 0. The summed E-state index contributed by atoms with van der Waals surface area (Å²) in [6.07, 6.45) is 1.94. The van der Waals surface area contributed by atoms with E-state index in [4.69, 9.17) is 0 Å². The first-order valence-corrected chi connectivity index (χ1v) is 4.92. The number of rotatable bonds is 0. The SMILES string of the molecule is Brc1cccc2c1SC=CN2. The first-order chi connectivity index (χ1) is 5.38. The first-order valence-electron chi connectivity index (χ1n) is 3.24. The Morgan fingerprint density at radius 2 is 2.27 bits per heavy atom. The maximum atomic E-state index is 3.49. The normalized spacial score (nSPS) is 13.9. The maximum Gasteiger partial charge on any atom is 0.0533 e. The summed E-state index contributed by atoms with van der Waals surface area (Å²) in [6.45, 7) is 0. The molecule has 0 radical (unpaired) electrons. The Bertz CT molecular complexity index is 309. The first kappa shape index (κ1) is 7.25. The van der Waals surface area contributed by atoms with Crippen molar-refractivity contribution in [3.05, 3.63) is 34.3 Å². The largest absolute Gasteiger partial charge is 0.360 e. The highest BCUT2D eigenvalue weighted by molar-refractivity contribution is 9.10. The van der Waals surface area contributed by atoms with E-state index < -0.39 is 0 Å². The summed E-state index contributed by atoms with van der Waals surface area (Å²) in [6, 6.07) is 6.14. The molecular formula is C8H6BrNS. The van der Waals surface area contributed by atoms with E-state index in [9.17, 15) is 0 Å². The molecule has 0 spiro atoms. The Morgan fingerprint density at radius 1 is 1.36 bits per heavy atom. The molecule has 3 heteroatoms. The summed E-state index contributed by atoms with van der Waals surface area (Å²) in [5.41, 5.74) is 1.17. The smallest absolute Gasteiger partial charge is 0.0533 e. The van der Waals surface area contributed by atoms with Gasteiger partial charge in [-0.05, 0) is 33.5 Å². The molecule has 56 valence electrons. The third-order valence-electron chi connectivity index (χ3n) is 1.46. The highest BCUT2D eigenvalue weighted by Crippen LogP contribution is 2.37. The van der Waals surface area contributed by atoms with Crippen LogP contribution >= 0.6 is 27.7 Å². The molecule has 1 aliphatic heterocycles. The van der Waals surface area contributed by atoms with Crippen LogP contribution in [0.5, 0.6) is 0 Å². The van der Waals surface area contributed by atoms with Gasteiger partial charge in [0.1, 0.15) is 0 Å². The second-order valence-electron chi connectivity index (χ2n) is 2.18. The van der Waals surface area contributed by atoms with Gasteiger partial charge in [-0.3, -0.25) is 0 Å². The van der Waals surface area contributed by atoms with Gasteiger partial charge in [0.05, 0.1) is 5.69 Å². The van der Waals surface area contributed by atoms with E-state index in [1.165, 1.54) is 10.6 Å². The number of halogens is 1. The van der Waals surface area contributed by atoms with Crippen LogP contribution in [0.1, 0.15) is 0 Å². The van der Waals surface area contributed by atoms with Crippen molar-refractivity contribution in [3.8, 4) is 0 Å². The Balaban J connectivity index is 2.54. The van der Waals surface area contributed by atoms with E-state index in [-0.39, 0.29) is 0 Å². The summed E-state index contributed by atoms with van der Waals surface area (Å²) >= 11 is 5.21. The third-order valence-corrected chi connectivity index (χ3v) is 3.33. The van der Waals surface area contributed by atoms with Crippen molar-refractivity contribution in [1.82, 2.24) is 0 Å². The van der Waals surface area contributed by atoms with Crippen LogP contribution in [0.25, 0.3) is 0 Å². The zero-order valence-electron chi connectivity index (χ0n) is 5.67. The molecule has 2 rings (SSSR count). The van der Waals surface area contributed by atoms with E-state index in [1.807, 2.05) is 23.7 Å². The van der Waals surface area contributed by atoms with Gasteiger partial charge < -0.3 is 5.32 Å². The summed E-state index contributed by atoms with van der Waals surface area (Å²) in [5, 5.41) is 5.21. The van der Waals surface area contributed by atoms with Gasteiger partial charge in [0, 0.05) is 15.6 Å². The van der Waals surface area contributed by atoms with Crippen molar-refractivity contribution in [1.29, 1.82) is 0 Å². The molecule has 0 amide bonds. The monoisotopic (exact) mass is 227 g/mol. The van der Waals surface area contributed by atoms with Crippen molar-refractivity contribution < 1.29 is 0 Å². The van der Waals surface area contributed by atoms with Crippen molar-refractivity contribution in [2.24, 2.45) is 0 Å². The lowest BCUT2D eigenvalue weighted by molar-refractivity contribution is 1.37. The van der Waals surface area contributed by atoms with Crippen LogP contribution in [-0.2, 0) is 0 Å². The molecular weight excluding hydrogens is 222 g/mol. The highest BCUT2D eigenvalue weighted by atomic mass is 79.9. The minimum absolute atomic E-state index is 1.15. The quantitative estimate of drug-likeness (QED) is 0.729. The molecule has 0 unspecified atom stereocenters. The molecule has 0 bridgehead atoms. The molecule has 1 aromatic rings. The molecule has 0 aliphatic carbocycles. The lowest BCUT2D eigenvalue weighted by Crippen LogP contribution is -1.93. The molecule has 0 atom stereocenters. The number of thioether (sulfide) groups is 1. The number of anilines is 1. The van der Waals surface area contributed by atoms with Gasteiger partial charge in [0.25, 0.3) is 0 Å². The average molecular weight is 228 g/mol. The van der Waals surface area contributed by atoms with E-state index in [2.05, 4.69) is 27.3 Å². The van der Waals surface area contributed by atoms with E-state index in [1.54, 1.807) is 11.8 Å². The molecule has 1 aliphatic rings. The van der Waals surface area contributed by atoms with Crippen molar-refractivity contribution in [3.63, 3.8) is 0 Å². The average Bonchev–Trinajstić information content (AvgIpc) is 2.06. The molecule has 1 nitrogen and oxygen atoms in total. The molecule has 11 heavy (non-hydrogen) atoms. The molecule has 1 N–H and O–H groups in total. The van der Waals surface area contributed by atoms with Crippen LogP contribution < -0.4 is 5.32 Å². The maximum absolute atomic E-state index is 3.49. The molecule has 0 saturated carbocycles. The van der Waals surface area contributed by atoms with Crippen LogP contribution in [0.4, 0.5) is 5.69 Å². The summed E-state index contributed by atoms with van der Waals surface area (Å²) in [5.74, 6) is 0. The number of nitrogens with one attached hydrogen (secondary N) is 1. The number of hydrogen-bond donors (Lipinski definition) is 1. The van der Waals surface area contributed by atoms with Crippen molar-refractivity contribution in [2.75, 3.05) is 5.32 Å². The van der Waals surface area contributed by atoms with Gasteiger partial charge in [-0.15, -0.1) is 0 Å². The Kier molecular flexibility index (Phi) is 1.92. The van der Waals surface area contributed by atoms with Crippen molar-refractivity contribution in [2.45, 2.75) is 4.90 Å². The van der Waals surface area contributed by atoms with Crippen LogP contribution in [-0.4, -0.2) is 0 Å². The minimum Gasteiger partial charge on any atom is -0.360 e. The van der Waals surface area contributed by atoms with Gasteiger partial charge in [-0.1, -0.05) is 17.8 Å². The van der Waals surface area contributed by atoms with Gasteiger partial charge in [-0.2, -0.15) is 0 Å². The highest BCUT2D eigenvalue weighted by Gasteiger charge is 2.06. The number of benzene rings is 1. The predicted molar refractivity (Wildman–Crippen MR) is 52.8 cm³/mol. The van der Waals surface area contributed by atoms with Gasteiger partial charge in [0.2, 0.25) is 0 Å². The molecule has 0 fully saturated rings. The molecule has 0 saturated heterocycles. The third kappa shape index (κ3) is 1.30. The standard InChI is InChI=1S/C8H6BrNS/c9-6-2-1-3-7-8(6)11-5-4-10-7/h1-5,10H. The van der Waals surface area contributed by atoms with Crippen LogP contribution in [0.2, 0.25) is 0 Å². The molecule has 0 aromatic heterocycles. The lowest BCUT2D eigenvalue weighted by Gasteiger charge is -2.12. The Labute approximate surface area is 78.0 Å². The fourth-order valence-corrected chi connectivity index (χ4v) is 2.32. The Hall–Kier alpha value is -0.410. The topological polar surface area (TPSA) is 12.0 Å².